The van der Waals surface area contributed by atoms with Gasteiger partial charge >= 0.3 is 5.97 Å². The molecule has 0 radical (unpaired) electrons. The number of pyridine rings is 1. The van der Waals surface area contributed by atoms with Gasteiger partial charge in [0.05, 0.1) is 0 Å². The minimum Gasteiger partial charge on any atom is -0.478 e. The summed E-state index contributed by atoms with van der Waals surface area (Å²) in [6.07, 6.45) is 8.35. The Morgan fingerprint density at radius 2 is 2.14 bits per heavy atom. The number of aromatic nitrogens is 2. The first kappa shape index (κ1) is 14.1. The highest BCUT2D eigenvalue weighted by atomic mass is 16.4. The molecule has 0 atom stereocenters. The highest BCUT2D eigenvalue weighted by molar-refractivity contribution is 5.89. The maximum absolute atomic E-state index is 10.6. The average molecular weight is 292 g/mol. The molecule has 2 N–H and O–H groups in total. The molecule has 0 aliphatic heterocycles. The second-order valence-electron chi connectivity index (χ2n) is 5.11. The number of H-pyrrole nitrogens is 1. The van der Waals surface area contributed by atoms with Gasteiger partial charge in [-0.3, -0.25) is 4.98 Å². The van der Waals surface area contributed by atoms with E-state index in [0.717, 1.165) is 41.1 Å². The summed E-state index contributed by atoms with van der Waals surface area (Å²) in [5.41, 5.74) is 4.22. The number of nitrogens with zero attached hydrogens (tertiary/aromatic N) is 1. The van der Waals surface area contributed by atoms with Crippen LogP contribution in [0.3, 0.4) is 0 Å². The molecule has 0 aliphatic carbocycles. The van der Waals surface area contributed by atoms with Crippen LogP contribution in [0.2, 0.25) is 0 Å². The molecule has 0 bridgehead atoms. The zero-order valence-corrected chi connectivity index (χ0v) is 12.0. The van der Waals surface area contributed by atoms with E-state index in [1.165, 1.54) is 5.56 Å². The maximum Gasteiger partial charge on any atom is 0.328 e. The van der Waals surface area contributed by atoms with Gasteiger partial charge in [0.1, 0.15) is 0 Å². The van der Waals surface area contributed by atoms with Crippen molar-refractivity contribution >= 4 is 22.9 Å². The number of carboxylic acid groups (broad SMARTS) is 1. The molecular weight excluding hydrogens is 276 g/mol. The molecule has 0 unspecified atom stereocenters. The summed E-state index contributed by atoms with van der Waals surface area (Å²) in [4.78, 5) is 18.2. The molecule has 4 heteroatoms. The molecule has 0 saturated carbocycles. The number of benzene rings is 1. The van der Waals surface area contributed by atoms with Gasteiger partial charge in [0, 0.05) is 35.1 Å². The van der Waals surface area contributed by atoms with Crippen LogP contribution in [-0.2, 0) is 17.6 Å². The second-order valence-corrected chi connectivity index (χ2v) is 5.11. The lowest BCUT2D eigenvalue weighted by molar-refractivity contribution is -0.131. The minimum atomic E-state index is -0.940. The van der Waals surface area contributed by atoms with Gasteiger partial charge in [-0.2, -0.15) is 0 Å². The lowest BCUT2D eigenvalue weighted by Gasteiger charge is -2.01. The molecule has 0 fully saturated rings. The van der Waals surface area contributed by atoms with Gasteiger partial charge in [-0.15, -0.1) is 0 Å². The quantitative estimate of drug-likeness (QED) is 0.708. The third-order valence-electron chi connectivity index (χ3n) is 3.59. The number of aromatic amines is 1. The normalized spacial score (nSPS) is 11.3. The Morgan fingerprint density at radius 3 is 2.91 bits per heavy atom. The Balaban J connectivity index is 1.83. The van der Waals surface area contributed by atoms with Crippen LogP contribution in [0.5, 0.6) is 0 Å². The van der Waals surface area contributed by atoms with Crippen LogP contribution in [0, 0.1) is 0 Å². The maximum atomic E-state index is 10.6. The van der Waals surface area contributed by atoms with E-state index in [1.54, 1.807) is 12.3 Å². The molecular formula is C18H16N2O2. The van der Waals surface area contributed by atoms with Crippen molar-refractivity contribution in [2.45, 2.75) is 12.8 Å². The fourth-order valence-electron chi connectivity index (χ4n) is 2.48. The minimum absolute atomic E-state index is 0.878. The van der Waals surface area contributed by atoms with Gasteiger partial charge in [-0.25, -0.2) is 4.79 Å². The van der Waals surface area contributed by atoms with E-state index >= 15 is 0 Å². The van der Waals surface area contributed by atoms with Gasteiger partial charge in [0.25, 0.3) is 0 Å². The molecule has 1 aromatic carbocycles. The Morgan fingerprint density at radius 1 is 1.23 bits per heavy atom. The summed E-state index contributed by atoms with van der Waals surface area (Å²) >= 11 is 0. The molecule has 4 nitrogen and oxygen atoms in total. The summed E-state index contributed by atoms with van der Waals surface area (Å²) in [6, 6.07) is 11.8. The van der Waals surface area contributed by atoms with Gasteiger partial charge in [0.15, 0.2) is 0 Å². The number of carboxylic acids is 1. The smallest absolute Gasteiger partial charge is 0.328 e. The van der Waals surface area contributed by atoms with E-state index < -0.39 is 5.97 Å². The summed E-state index contributed by atoms with van der Waals surface area (Å²) in [5, 5.41) is 9.84. The predicted molar refractivity (Wildman–Crippen MR) is 86.6 cm³/mol. The molecule has 3 aromatic rings. The first-order valence-electron chi connectivity index (χ1n) is 7.13. The van der Waals surface area contributed by atoms with E-state index in [9.17, 15) is 4.79 Å². The number of rotatable bonds is 5. The Labute approximate surface area is 128 Å². The van der Waals surface area contributed by atoms with Crippen molar-refractivity contribution in [2.24, 2.45) is 0 Å². The third kappa shape index (κ3) is 3.23. The first-order valence-corrected chi connectivity index (χ1v) is 7.13. The number of carbonyl (C=O) groups is 1. The standard InChI is InChI=1S/C18H16N2O2/c21-18(22)9-5-13-4-8-17-16(11-13)14(12-20-17)6-7-15-3-1-2-10-19-15/h1-5,8-12,20H,6-7H2,(H,21,22). The van der Waals surface area contributed by atoms with Gasteiger partial charge in [-0.1, -0.05) is 12.1 Å². The van der Waals surface area contributed by atoms with Crippen LogP contribution in [-0.4, -0.2) is 21.0 Å². The van der Waals surface area contributed by atoms with E-state index in [2.05, 4.69) is 9.97 Å². The Kier molecular flexibility index (Phi) is 4.01. The van der Waals surface area contributed by atoms with E-state index in [4.69, 9.17) is 5.11 Å². The van der Waals surface area contributed by atoms with Crippen molar-refractivity contribution in [3.8, 4) is 0 Å². The van der Waals surface area contributed by atoms with Crippen LogP contribution in [0.25, 0.3) is 17.0 Å². The molecule has 110 valence electrons. The van der Waals surface area contributed by atoms with Crippen molar-refractivity contribution in [1.82, 2.24) is 9.97 Å². The first-order chi connectivity index (χ1) is 10.7. The number of hydrogen-bond donors (Lipinski definition) is 2. The van der Waals surface area contributed by atoms with Crippen LogP contribution < -0.4 is 0 Å². The highest BCUT2D eigenvalue weighted by Gasteiger charge is 2.05. The molecule has 0 aliphatic rings. The van der Waals surface area contributed by atoms with Gasteiger partial charge in [0.2, 0.25) is 0 Å². The van der Waals surface area contributed by atoms with Crippen LogP contribution in [0.4, 0.5) is 0 Å². The summed E-state index contributed by atoms with van der Waals surface area (Å²) in [7, 11) is 0. The highest BCUT2D eigenvalue weighted by Crippen LogP contribution is 2.22. The zero-order valence-electron chi connectivity index (χ0n) is 12.0. The largest absolute Gasteiger partial charge is 0.478 e. The SMILES string of the molecule is O=C(O)C=Cc1ccc2[nH]cc(CCc3ccccn3)c2c1. The lowest BCUT2D eigenvalue weighted by atomic mass is 10.0. The van der Waals surface area contributed by atoms with E-state index in [1.807, 2.05) is 42.6 Å². The van der Waals surface area contributed by atoms with Crippen molar-refractivity contribution in [3.63, 3.8) is 0 Å². The summed E-state index contributed by atoms with van der Waals surface area (Å²) in [6.45, 7) is 0. The van der Waals surface area contributed by atoms with Gasteiger partial charge in [-0.05, 0) is 54.3 Å². The fraction of sp³-hybridized carbons (Fsp3) is 0.111. The number of fused-ring (bicyclic) bond motifs is 1. The Bertz CT molecular complexity index is 819. The molecule has 2 heterocycles. The van der Waals surface area contributed by atoms with Crippen molar-refractivity contribution in [3.05, 3.63) is 71.7 Å². The monoisotopic (exact) mass is 292 g/mol. The van der Waals surface area contributed by atoms with Crippen LogP contribution in [0.1, 0.15) is 16.8 Å². The molecule has 0 amide bonds. The number of aliphatic carboxylic acids is 1. The topological polar surface area (TPSA) is 66.0 Å². The third-order valence-corrected chi connectivity index (χ3v) is 3.59. The average Bonchev–Trinajstić information content (AvgIpc) is 2.94. The fourth-order valence-corrected chi connectivity index (χ4v) is 2.48. The second kappa shape index (κ2) is 6.26. The van der Waals surface area contributed by atoms with E-state index in [0.29, 0.717) is 0 Å². The summed E-state index contributed by atoms with van der Waals surface area (Å²) < 4.78 is 0. The van der Waals surface area contributed by atoms with Gasteiger partial charge < -0.3 is 10.1 Å². The number of aryl methyl sites for hydroxylation is 2. The number of nitrogens with one attached hydrogen (secondary N) is 1. The van der Waals surface area contributed by atoms with Crippen molar-refractivity contribution < 1.29 is 9.90 Å². The van der Waals surface area contributed by atoms with Crippen LogP contribution in [0.15, 0.2) is 54.9 Å². The molecule has 0 spiro atoms. The predicted octanol–water partition coefficient (Wildman–Crippen LogP) is 3.45. The zero-order chi connectivity index (χ0) is 15.4. The summed E-state index contributed by atoms with van der Waals surface area (Å²) in [5.74, 6) is -0.940. The van der Waals surface area contributed by atoms with Crippen molar-refractivity contribution in [2.75, 3.05) is 0 Å². The Hall–Kier alpha value is -2.88. The molecule has 0 saturated heterocycles. The number of hydrogen-bond acceptors (Lipinski definition) is 2. The van der Waals surface area contributed by atoms with Crippen molar-refractivity contribution in [1.29, 1.82) is 0 Å². The van der Waals surface area contributed by atoms with Crippen LogP contribution >= 0.6 is 0 Å². The van der Waals surface area contributed by atoms with E-state index in [-0.39, 0.29) is 0 Å². The lowest BCUT2D eigenvalue weighted by Crippen LogP contribution is -1.93. The molecule has 3 rings (SSSR count). The molecule has 2 aromatic heterocycles. The molecule has 22 heavy (non-hydrogen) atoms.